The zero-order valence-electron chi connectivity index (χ0n) is 14.1. The average molecular weight is 347 g/mol. The number of hydrogen-bond acceptors (Lipinski definition) is 4. The fourth-order valence-corrected chi connectivity index (χ4v) is 4.32. The van der Waals surface area contributed by atoms with Crippen LogP contribution in [0.5, 0.6) is 0 Å². The Balaban J connectivity index is 1.68. The van der Waals surface area contributed by atoms with E-state index < -0.39 is 6.10 Å². The second-order valence-electron chi connectivity index (χ2n) is 6.55. The van der Waals surface area contributed by atoms with Gasteiger partial charge < -0.3 is 14.4 Å². The molecule has 1 aliphatic rings. The summed E-state index contributed by atoms with van der Waals surface area (Å²) >= 11 is 1.69. The topological polar surface area (TPSA) is 53.7 Å². The normalized spacial score (nSPS) is 19.9. The Kier molecular flexibility index (Phi) is 5.74. The first-order valence-electron chi connectivity index (χ1n) is 8.69. The zero-order valence-corrected chi connectivity index (χ0v) is 14.9. The Hall–Kier alpha value is -1.59. The van der Waals surface area contributed by atoms with E-state index in [0.717, 1.165) is 37.1 Å². The van der Waals surface area contributed by atoms with Crippen molar-refractivity contribution in [1.82, 2.24) is 4.90 Å². The summed E-state index contributed by atoms with van der Waals surface area (Å²) in [5.74, 6) is 0.760. The molecule has 0 saturated carbocycles. The number of aliphatic hydroxyl groups excluding tert-OH is 1. The fourth-order valence-electron chi connectivity index (χ4n) is 3.44. The van der Waals surface area contributed by atoms with Gasteiger partial charge in [0.1, 0.15) is 11.9 Å². The molecule has 1 amide bonds. The number of furan rings is 1. The second kappa shape index (κ2) is 7.99. The molecule has 130 valence electrons. The number of likely N-dealkylation sites (tertiary alicyclic amines) is 1. The van der Waals surface area contributed by atoms with Gasteiger partial charge in [-0.15, -0.1) is 11.3 Å². The first-order valence-corrected chi connectivity index (χ1v) is 9.51. The molecule has 1 saturated heterocycles. The highest BCUT2D eigenvalue weighted by Crippen LogP contribution is 2.27. The number of rotatable bonds is 5. The molecule has 2 aromatic heterocycles. The Morgan fingerprint density at radius 3 is 2.96 bits per heavy atom. The highest BCUT2D eigenvalue weighted by molar-refractivity contribution is 7.12. The molecule has 2 unspecified atom stereocenters. The molecular weight excluding hydrogens is 322 g/mol. The lowest BCUT2D eigenvalue weighted by atomic mass is 10.0. The van der Waals surface area contributed by atoms with Gasteiger partial charge >= 0.3 is 0 Å². The van der Waals surface area contributed by atoms with E-state index in [9.17, 15) is 9.90 Å². The van der Waals surface area contributed by atoms with E-state index in [-0.39, 0.29) is 11.9 Å². The SMILES string of the molecule is Cc1ccc(CC(=O)N2CCCCCC2CC(O)c2ccco2)s1. The second-order valence-corrected chi connectivity index (χ2v) is 7.92. The van der Waals surface area contributed by atoms with Gasteiger partial charge in [-0.2, -0.15) is 0 Å². The van der Waals surface area contributed by atoms with Crippen LogP contribution in [0.15, 0.2) is 34.9 Å². The number of hydrogen-bond donors (Lipinski definition) is 1. The number of aryl methyl sites for hydroxylation is 1. The van der Waals surface area contributed by atoms with Crippen LogP contribution in [-0.4, -0.2) is 28.5 Å². The smallest absolute Gasteiger partial charge is 0.228 e. The molecule has 1 N–H and O–H groups in total. The summed E-state index contributed by atoms with van der Waals surface area (Å²) in [5, 5.41) is 10.4. The zero-order chi connectivity index (χ0) is 16.9. The lowest BCUT2D eigenvalue weighted by molar-refractivity contribution is -0.133. The van der Waals surface area contributed by atoms with E-state index in [1.165, 1.54) is 4.88 Å². The molecule has 1 fully saturated rings. The Morgan fingerprint density at radius 1 is 1.38 bits per heavy atom. The predicted molar refractivity (Wildman–Crippen MR) is 95.0 cm³/mol. The van der Waals surface area contributed by atoms with Gasteiger partial charge in [0.15, 0.2) is 0 Å². The van der Waals surface area contributed by atoms with Gasteiger partial charge in [0.2, 0.25) is 5.91 Å². The van der Waals surface area contributed by atoms with Gasteiger partial charge in [-0.1, -0.05) is 12.8 Å². The highest BCUT2D eigenvalue weighted by atomic mass is 32.1. The van der Waals surface area contributed by atoms with Crippen molar-refractivity contribution in [2.75, 3.05) is 6.54 Å². The maximum atomic E-state index is 12.8. The standard InChI is InChI=1S/C19H25NO3S/c1-14-8-9-16(24-14)13-19(22)20-10-4-2-3-6-15(20)12-17(21)18-7-5-11-23-18/h5,7-9,11,15,17,21H,2-4,6,10,12-13H2,1H3. The number of thiophene rings is 1. The summed E-state index contributed by atoms with van der Waals surface area (Å²) in [7, 11) is 0. The van der Waals surface area contributed by atoms with Crippen LogP contribution < -0.4 is 0 Å². The third-order valence-electron chi connectivity index (χ3n) is 4.69. The third kappa shape index (κ3) is 4.28. The van der Waals surface area contributed by atoms with Gasteiger partial charge in [0, 0.05) is 28.8 Å². The van der Waals surface area contributed by atoms with Crippen molar-refractivity contribution in [2.45, 2.75) is 57.6 Å². The molecule has 0 spiro atoms. The Labute approximate surface area is 147 Å². The Morgan fingerprint density at radius 2 is 2.25 bits per heavy atom. The van der Waals surface area contributed by atoms with Crippen LogP contribution in [0.4, 0.5) is 0 Å². The number of aliphatic hydroxyl groups is 1. The van der Waals surface area contributed by atoms with Crippen molar-refractivity contribution in [3.05, 3.63) is 46.0 Å². The van der Waals surface area contributed by atoms with Crippen molar-refractivity contribution in [3.63, 3.8) is 0 Å². The summed E-state index contributed by atoms with van der Waals surface area (Å²) in [6.45, 7) is 2.85. The lowest BCUT2D eigenvalue weighted by Crippen LogP contribution is -2.41. The maximum absolute atomic E-state index is 12.8. The molecule has 0 bridgehead atoms. The van der Waals surface area contributed by atoms with Crippen molar-refractivity contribution in [3.8, 4) is 0 Å². The van der Waals surface area contributed by atoms with Crippen LogP contribution in [0.1, 0.15) is 53.7 Å². The van der Waals surface area contributed by atoms with E-state index in [2.05, 4.69) is 13.0 Å². The predicted octanol–water partition coefficient (Wildman–Crippen LogP) is 4.09. The molecule has 24 heavy (non-hydrogen) atoms. The van der Waals surface area contributed by atoms with Crippen LogP contribution in [-0.2, 0) is 11.2 Å². The largest absolute Gasteiger partial charge is 0.467 e. The van der Waals surface area contributed by atoms with Gasteiger partial charge in [-0.3, -0.25) is 4.79 Å². The first-order chi connectivity index (χ1) is 11.6. The van der Waals surface area contributed by atoms with E-state index in [0.29, 0.717) is 18.6 Å². The number of amides is 1. The summed E-state index contributed by atoms with van der Waals surface area (Å²) < 4.78 is 5.31. The maximum Gasteiger partial charge on any atom is 0.228 e. The summed E-state index contributed by atoms with van der Waals surface area (Å²) in [4.78, 5) is 17.2. The molecule has 0 radical (unpaired) electrons. The van der Waals surface area contributed by atoms with Crippen LogP contribution in [0.2, 0.25) is 0 Å². The monoisotopic (exact) mass is 347 g/mol. The number of carbonyl (C=O) groups is 1. The van der Waals surface area contributed by atoms with E-state index in [4.69, 9.17) is 4.42 Å². The number of carbonyl (C=O) groups excluding carboxylic acids is 1. The van der Waals surface area contributed by atoms with Gasteiger partial charge in [-0.05, 0) is 44.0 Å². The molecule has 1 aliphatic heterocycles. The minimum Gasteiger partial charge on any atom is -0.467 e. The van der Waals surface area contributed by atoms with Crippen molar-refractivity contribution in [1.29, 1.82) is 0 Å². The lowest BCUT2D eigenvalue weighted by Gasteiger charge is -2.31. The van der Waals surface area contributed by atoms with Gasteiger partial charge in [0.25, 0.3) is 0 Å². The number of nitrogens with zero attached hydrogens (tertiary/aromatic N) is 1. The molecule has 0 aromatic carbocycles. The minimum absolute atomic E-state index is 0.0844. The third-order valence-corrected chi connectivity index (χ3v) is 5.69. The Bertz CT molecular complexity index is 649. The molecule has 3 heterocycles. The molecule has 0 aliphatic carbocycles. The van der Waals surface area contributed by atoms with E-state index in [1.54, 1.807) is 29.7 Å². The van der Waals surface area contributed by atoms with Crippen LogP contribution in [0, 0.1) is 6.92 Å². The molecule has 5 heteroatoms. The van der Waals surface area contributed by atoms with E-state index >= 15 is 0 Å². The summed E-state index contributed by atoms with van der Waals surface area (Å²) in [6, 6.07) is 7.77. The quantitative estimate of drug-likeness (QED) is 0.886. The van der Waals surface area contributed by atoms with E-state index in [1.807, 2.05) is 11.0 Å². The van der Waals surface area contributed by atoms with Gasteiger partial charge in [-0.25, -0.2) is 0 Å². The van der Waals surface area contributed by atoms with Crippen molar-refractivity contribution < 1.29 is 14.3 Å². The molecule has 2 aromatic rings. The fraction of sp³-hybridized carbons (Fsp3) is 0.526. The molecule has 3 rings (SSSR count). The summed E-state index contributed by atoms with van der Waals surface area (Å²) in [5.41, 5.74) is 0. The summed E-state index contributed by atoms with van der Waals surface area (Å²) in [6.07, 6.45) is 6.19. The average Bonchev–Trinajstić information content (AvgIpc) is 3.16. The van der Waals surface area contributed by atoms with Crippen molar-refractivity contribution >= 4 is 17.2 Å². The van der Waals surface area contributed by atoms with Gasteiger partial charge in [0.05, 0.1) is 12.7 Å². The van der Waals surface area contributed by atoms with Crippen molar-refractivity contribution in [2.24, 2.45) is 0 Å². The highest BCUT2D eigenvalue weighted by Gasteiger charge is 2.28. The van der Waals surface area contributed by atoms with Crippen LogP contribution in [0.3, 0.4) is 0 Å². The molecule has 2 atom stereocenters. The molecule has 4 nitrogen and oxygen atoms in total. The minimum atomic E-state index is -0.651. The molecular formula is C19H25NO3S. The van der Waals surface area contributed by atoms with Crippen LogP contribution >= 0.6 is 11.3 Å². The first kappa shape index (κ1) is 17.2. The van der Waals surface area contributed by atoms with Crippen LogP contribution in [0.25, 0.3) is 0 Å².